The maximum atomic E-state index is 12.7. The molecule has 0 aliphatic carbocycles. The van der Waals surface area contributed by atoms with Gasteiger partial charge in [0.25, 0.3) is 5.91 Å². The Morgan fingerprint density at radius 1 is 1.15 bits per heavy atom. The molecule has 3 amide bonds. The van der Waals surface area contributed by atoms with E-state index in [1.54, 1.807) is 29.0 Å². The normalized spacial score (nSPS) is 18.6. The topological polar surface area (TPSA) is 79.4 Å². The fourth-order valence-electron chi connectivity index (χ4n) is 3.06. The number of piperazine rings is 1. The van der Waals surface area contributed by atoms with E-state index in [0.29, 0.717) is 37.7 Å². The summed E-state index contributed by atoms with van der Waals surface area (Å²) >= 11 is 0. The van der Waals surface area contributed by atoms with Gasteiger partial charge in [0.15, 0.2) is 11.5 Å². The minimum atomic E-state index is -0.682. The summed E-state index contributed by atoms with van der Waals surface area (Å²) in [6.07, 6.45) is 0.493. The highest BCUT2D eigenvalue weighted by molar-refractivity contribution is 5.90. The third kappa shape index (κ3) is 4.21. The van der Waals surface area contributed by atoms with Gasteiger partial charge >= 0.3 is 0 Å². The molecule has 0 aromatic heterocycles. The predicted molar refractivity (Wildman–Crippen MR) is 97.3 cm³/mol. The Kier molecular flexibility index (Phi) is 5.63. The second kappa shape index (κ2) is 8.11. The Bertz CT molecular complexity index is 743. The lowest BCUT2D eigenvalue weighted by atomic mass is 10.2. The standard InChI is InChI=1S/C19H23N3O5/c1-3-17(23)20(2)12-18(24)21-8-10-22(11-9-21)19(25)16-13-26-14-6-4-5-7-15(14)27-16/h3-7,16H,1,8-13H2,2H3. The van der Waals surface area contributed by atoms with Crippen LogP contribution in [0.25, 0.3) is 0 Å². The average Bonchev–Trinajstić information content (AvgIpc) is 2.72. The fraction of sp³-hybridized carbons (Fsp3) is 0.421. The van der Waals surface area contributed by atoms with Gasteiger partial charge in [-0.1, -0.05) is 18.7 Å². The van der Waals surface area contributed by atoms with Crippen LogP contribution in [0.1, 0.15) is 0 Å². The number of carbonyl (C=O) groups excluding carboxylic acids is 3. The number of amides is 3. The molecule has 8 nitrogen and oxygen atoms in total. The Morgan fingerprint density at radius 3 is 2.44 bits per heavy atom. The molecule has 3 rings (SSSR count). The minimum Gasteiger partial charge on any atom is -0.485 e. The lowest BCUT2D eigenvalue weighted by Crippen LogP contribution is -2.56. The van der Waals surface area contributed by atoms with Crippen molar-refractivity contribution >= 4 is 17.7 Å². The Hall–Kier alpha value is -3.03. The van der Waals surface area contributed by atoms with Crippen LogP contribution in [-0.2, 0) is 14.4 Å². The number of hydrogen-bond acceptors (Lipinski definition) is 5. The van der Waals surface area contributed by atoms with Crippen molar-refractivity contribution in [1.82, 2.24) is 14.7 Å². The summed E-state index contributed by atoms with van der Waals surface area (Å²) in [5, 5.41) is 0. The van der Waals surface area contributed by atoms with E-state index in [1.165, 1.54) is 11.0 Å². The van der Waals surface area contributed by atoms with E-state index in [0.717, 1.165) is 0 Å². The Labute approximate surface area is 157 Å². The number of nitrogens with zero attached hydrogens (tertiary/aromatic N) is 3. The molecule has 0 bridgehead atoms. The van der Waals surface area contributed by atoms with E-state index < -0.39 is 6.10 Å². The largest absolute Gasteiger partial charge is 0.485 e. The smallest absolute Gasteiger partial charge is 0.267 e. The first-order chi connectivity index (χ1) is 13.0. The molecule has 2 aliphatic heterocycles. The van der Waals surface area contributed by atoms with Crippen molar-refractivity contribution in [2.75, 3.05) is 46.4 Å². The molecule has 27 heavy (non-hydrogen) atoms. The number of carbonyl (C=O) groups is 3. The van der Waals surface area contributed by atoms with Gasteiger partial charge in [-0.2, -0.15) is 0 Å². The lowest BCUT2D eigenvalue weighted by molar-refractivity contribution is -0.147. The number of benzene rings is 1. The van der Waals surface area contributed by atoms with E-state index >= 15 is 0 Å². The predicted octanol–water partition coefficient (Wildman–Crippen LogP) is 0.142. The second-order valence-electron chi connectivity index (χ2n) is 6.47. The van der Waals surface area contributed by atoms with Gasteiger partial charge in [-0.3, -0.25) is 14.4 Å². The first-order valence-electron chi connectivity index (χ1n) is 8.82. The van der Waals surface area contributed by atoms with E-state index in [-0.39, 0.29) is 30.9 Å². The number of fused-ring (bicyclic) bond motifs is 1. The Morgan fingerprint density at radius 2 is 1.78 bits per heavy atom. The Balaban J connectivity index is 1.50. The summed E-state index contributed by atoms with van der Waals surface area (Å²) in [5.74, 6) is 0.606. The molecule has 0 spiro atoms. The summed E-state index contributed by atoms with van der Waals surface area (Å²) in [6.45, 7) is 5.26. The number of likely N-dealkylation sites (N-methyl/N-ethyl adjacent to an activating group) is 1. The summed E-state index contributed by atoms with van der Waals surface area (Å²) in [7, 11) is 1.56. The zero-order valence-corrected chi connectivity index (χ0v) is 15.3. The van der Waals surface area contributed by atoms with Crippen molar-refractivity contribution in [1.29, 1.82) is 0 Å². The third-order valence-corrected chi connectivity index (χ3v) is 4.65. The van der Waals surface area contributed by atoms with E-state index in [4.69, 9.17) is 9.47 Å². The molecule has 144 valence electrons. The zero-order valence-electron chi connectivity index (χ0n) is 15.3. The van der Waals surface area contributed by atoms with Gasteiger partial charge in [-0.05, 0) is 18.2 Å². The van der Waals surface area contributed by atoms with E-state index in [9.17, 15) is 14.4 Å². The van der Waals surface area contributed by atoms with Crippen molar-refractivity contribution in [2.24, 2.45) is 0 Å². The van der Waals surface area contributed by atoms with Crippen LogP contribution in [0.5, 0.6) is 11.5 Å². The highest BCUT2D eigenvalue weighted by atomic mass is 16.6. The molecular weight excluding hydrogens is 350 g/mol. The van der Waals surface area contributed by atoms with E-state index in [1.807, 2.05) is 12.1 Å². The van der Waals surface area contributed by atoms with Gasteiger partial charge in [0, 0.05) is 33.2 Å². The summed E-state index contributed by atoms with van der Waals surface area (Å²) < 4.78 is 11.4. The maximum Gasteiger partial charge on any atom is 0.267 e. The van der Waals surface area contributed by atoms with Crippen LogP contribution in [0.4, 0.5) is 0 Å². The molecule has 1 saturated heterocycles. The molecule has 0 radical (unpaired) electrons. The summed E-state index contributed by atoms with van der Waals surface area (Å²) in [5.41, 5.74) is 0. The molecular formula is C19H23N3O5. The van der Waals surface area contributed by atoms with Crippen LogP contribution in [0.15, 0.2) is 36.9 Å². The summed E-state index contributed by atoms with van der Waals surface area (Å²) in [6, 6.07) is 7.25. The maximum absolute atomic E-state index is 12.7. The zero-order chi connectivity index (χ0) is 19.4. The third-order valence-electron chi connectivity index (χ3n) is 4.65. The first kappa shape index (κ1) is 18.8. The van der Waals surface area contributed by atoms with Gasteiger partial charge in [-0.25, -0.2) is 0 Å². The van der Waals surface area contributed by atoms with E-state index in [2.05, 4.69) is 6.58 Å². The number of hydrogen-bond donors (Lipinski definition) is 0. The van der Waals surface area contributed by atoms with Crippen LogP contribution in [0.3, 0.4) is 0 Å². The molecule has 8 heteroatoms. The summed E-state index contributed by atoms with van der Waals surface area (Å²) in [4.78, 5) is 41.1. The van der Waals surface area contributed by atoms with Crippen LogP contribution >= 0.6 is 0 Å². The van der Waals surface area contributed by atoms with Gasteiger partial charge in [0.1, 0.15) is 6.61 Å². The molecule has 1 aromatic carbocycles. The van der Waals surface area contributed by atoms with Crippen molar-refractivity contribution in [2.45, 2.75) is 6.10 Å². The number of para-hydroxylation sites is 2. The van der Waals surface area contributed by atoms with Crippen molar-refractivity contribution in [3.8, 4) is 11.5 Å². The lowest BCUT2D eigenvalue weighted by Gasteiger charge is -2.37. The quantitative estimate of drug-likeness (QED) is 0.702. The first-order valence-corrected chi connectivity index (χ1v) is 8.82. The molecule has 0 saturated carbocycles. The van der Waals surface area contributed by atoms with Gasteiger partial charge in [-0.15, -0.1) is 0 Å². The number of ether oxygens (including phenoxy) is 2. The highest BCUT2D eigenvalue weighted by Gasteiger charge is 2.33. The van der Waals surface area contributed by atoms with Crippen LogP contribution in [0.2, 0.25) is 0 Å². The molecule has 2 aliphatic rings. The van der Waals surface area contributed by atoms with Gasteiger partial charge in [0.05, 0.1) is 6.54 Å². The highest BCUT2D eigenvalue weighted by Crippen LogP contribution is 2.31. The fourth-order valence-corrected chi connectivity index (χ4v) is 3.06. The molecule has 1 unspecified atom stereocenters. The second-order valence-corrected chi connectivity index (χ2v) is 6.47. The molecule has 0 N–H and O–H groups in total. The van der Waals surface area contributed by atoms with Crippen molar-refractivity contribution in [3.05, 3.63) is 36.9 Å². The molecule has 2 heterocycles. The SMILES string of the molecule is C=CC(=O)N(C)CC(=O)N1CCN(C(=O)C2COc3ccccc3O2)CC1. The van der Waals surface area contributed by atoms with Crippen molar-refractivity contribution in [3.63, 3.8) is 0 Å². The van der Waals surface area contributed by atoms with Gasteiger partial charge in [0.2, 0.25) is 17.9 Å². The van der Waals surface area contributed by atoms with Crippen molar-refractivity contribution < 1.29 is 23.9 Å². The monoisotopic (exact) mass is 373 g/mol. The average molecular weight is 373 g/mol. The molecule has 1 fully saturated rings. The molecule has 1 aromatic rings. The molecule has 1 atom stereocenters. The minimum absolute atomic E-state index is 0.00480. The van der Waals surface area contributed by atoms with Crippen LogP contribution in [0, 0.1) is 0 Å². The number of rotatable bonds is 4. The van der Waals surface area contributed by atoms with Crippen LogP contribution in [-0.4, -0.2) is 84.9 Å². The van der Waals surface area contributed by atoms with Gasteiger partial charge < -0.3 is 24.2 Å². The van der Waals surface area contributed by atoms with Crippen LogP contribution < -0.4 is 9.47 Å².